The lowest BCUT2D eigenvalue weighted by molar-refractivity contribution is -0.140. The van der Waals surface area contributed by atoms with Gasteiger partial charge in [-0.25, -0.2) is 4.98 Å². The third-order valence-corrected chi connectivity index (χ3v) is 3.89. The number of rotatable bonds is 6. The van der Waals surface area contributed by atoms with E-state index in [9.17, 15) is 4.79 Å². The van der Waals surface area contributed by atoms with Crippen molar-refractivity contribution in [1.82, 2.24) is 20.1 Å². The molecule has 1 aliphatic heterocycles. The zero-order chi connectivity index (χ0) is 16.8. The van der Waals surface area contributed by atoms with Crippen LogP contribution in [0.1, 0.15) is 29.7 Å². The van der Waals surface area contributed by atoms with Gasteiger partial charge >= 0.3 is 0 Å². The van der Waals surface area contributed by atoms with Gasteiger partial charge in [-0.2, -0.15) is 5.10 Å². The van der Waals surface area contributed by atoms with E-state index in [0.29, 0.717) is 45.2 Å². The van der Waals surface area contributed by atoms with E-state index in [1.54, 1.807) is 4.90 Å². The largest absolute Gasteiger partial charge is 0.376 e. The number of hydrogen-bond donors (Lipinski definition) is 1. The average Bonchev–Trinajstić information content (AvgIpc) is 3.06. The summed E-state index contributed by atoms with van der Waals surface area (Å²) in [6.07, 6.45) is 0.102. The van der Waals surface area contributed by atoms with Crippen LogP contribution >= 0.6 is 0 Å². The predicted octanol–water partition coefficient (Wildman–Crippen LogP) is 1.62. The van der Waals surface area contributed by atoms with Crippen LogP contribution in [0.4, 0.5) is 0 Å². The second kappa shape index (κ2) is 8.03. The van der Waals surface area contributed by atoms with E-state index in [1.165, 1.54) is 0 Å². The molecule has 24 heavy (non-hydrogen) atoms. The number of benzene rings is 1. The Balaban J connectivity index is 1.43. The number of H-pyrrole nitrogens is 1. The molecule has 1 atom stereocenters. The van der Waals surface area contributed by atoms with Gasteiger partial charge in [0.1, 0.15) is 11.9 Å². The molecule has 0 aliphatic carbocycles. The van der Waals surface area contributed by atoms with Gasteiger partial charge in [-0.3, -0.25) is 9.89 Å². The van der Waals surface area contributed by atoms with Crippen molar-refractivity contribution in [3.05, 3.63) is 47.5 Å². The first-order valence-electron chi connectivity index (χ1n) is 8.12. The quantitative estimate of drug-likeness (QED) is 0.814. The fraction of sp³-hybridized carbons (Fsp3) is 0.471. The first kappa shape index (κ1) is 16.6. The van der Waals surface area contributed by atoms with Gasteiger partial charge < -0.3 is 14.4 Å². The van der Waals surface area contributed by atoms with Crippen molar-refractivity contribution in [3.63, 3.8) is 0 Å². The Hall–Kier alpha value is -2.25. The maximum Gasteiger partial charge on any atom is 0.225 e. The van der Waals surface area contributed by atoms with E-state index in [1.807, 2.05) is 37.3 Å². The lowest BCUT2D eigenvalue weighted by atomic mass is 10.2. The Morgan fingerprint density at radius 2 is 2.25 bits per heavy atom. The molecule has 0 unspecified atom stereocenters. The van der Waals surface area contributed by atoms with E-state index in [2.05, 4.69) is 15.2 Å². The summed E-state index contributed by atoms with van der Waals surface area (Å²) in [5, 5.41) is 6.92. The van der Waals surface area contributed by atoms with Crippen LogP contribution in [-0.4, -0.2) is 52.3 Å². The van der Waals surface area contributed by atoms with Crippen LogP contribution in [-0.2, 0) is 20.9 Å². The lowest BCUT2D eigenvalue weighted by Gasteiger charge is -2.31. The van der Waals surface area contributed by atoms with Gasteiger partial charge in [-0.05, 0) is 12.5 Å². The Bertz CT molecular complexity index is 659. The molecule has 1 fully saturated rings. The molecule has 1 N–H and O–H groups in total. The van der Waals surface area contributed by atoms with Gasteiger partial charge in [0, 0.05) is 6.54 Å². The molecule has 7 nitrogen and oxygen atoms in total. The summed E-state index contributed by atoms with van der Waals surface area (Å²) in [5.74, 6) is 1.42. The van der Waals surface area contributed by atoms with Crippen LogP contribution in [0.25, 0.3) is 0 Å². The van der Waals surface area contributed by atoms with E-state index in [4.69, 9.17) is 9.47 Å². The summed E-state index contributed by atoms with van der Waals surface area (Å²) in [7, 11) is 0. The SMILES string of the molecule is Cc1nc([C@H]2CN(C(=O)CCOCc3ccccc3)CCO2)n[nH]1. The third-order valence-electron chi connectivity index (χ3n) is 3.89. The third kappa shape index (κ3) is 4.39. The fourth-order valence-corrected chi connectivity index (χ4v) is 2.62. The van der Waals surface area contributed by atoms with Gasteiger partial charge in [-0.15, -0.1) is 0 Å². The van der Waals surface area contributed by atoms with Crippen LogP contribution in [0.3, 0.4) is 0 Å². The molecule has 0 saturated carbocycles. The molecule has 1 saturated heterocycles. The van der Waals surface area contributed by atoms with Crippen LogP contribution in [0, 0.1) is 6.92 Å². The molecule has 128 valence electrons. The van der Waals surface area contributed by atoms with E-state index in [0.717, 1.165) is 11.4 Å². The number of nitrogens with zero attached hydrogens (tertiary/aromatic N) is 3. The smallest absolute Gasteiger partial charge is 0.225 e. The highest BCUT2D eigenvalue weighted by Crippen LogP contribution is 2.19. The number of aromatic nitrogens is 3. The van der Waals surface area contributed by atoms with Crippen molar-refractivity contribution in [2.45, 2.75) is 26.1 Å². The number of aryl methyl sites for hydroxylation is 1. The number of carbonyl (C=O) groups excluding carboxylic acids is 1. The summed E-state index contributed by atoms with van der Waals surface area (Å²) < 4.78 is 11.3. The Morgan fingerprint density at radius 3 is 3.00 bits per heavy atom. The monoisotopic (exact) mass is 330 g/mol. The number of hydrogen-bond acceptors (Lipinski definition) is 5. The summed E-state index contributed by atoms with van der Waals surface area (Å²) in [5.41, 5.74) is 1.11. The first-order valence-corrected chi connectivity index (χ1v) is 8.12. The Kier molecular flexibility index (Phi) is 5.55. The van der Waals surface area contributed by atoms with Gasteiger partial charge in [-0.1, -0.05) is 30.3 Å². The highest BCUT2D eigenvalue weighted by molar-refractivity contribution is 5.76. The summed E-state index contributed by atoms with van der Waals surface area (Å²) in [6.45, 7) is 4.35. The van der Waals surface area contributed by atoms with Crippen LogP contribution in [0.2, 0.25) is 0 Å². The summed E-state index contributed by atoms with van der Waals surface area (Å²) >= 11 is 0. The number of morpholine rings is 1. The minimum Gasteiger partial charge on any atom is -0.376 e. The van der Waals surface area contributed by atoms with Crippen LogP contribution in [0.5, 0.6) is 0 Å². The second-order valence-corrected chi connectivity index (χ2v) is 5.77. The van der Waals surface area contributed by atoms with Crippen molar-refractivity contribution in [2.24, 2.45) is 0 Å². The van der Waals surface area contributed by atoms with Gasteiger partial charge in [0.25, 0.3) is 0 Å². The van der Waals surface area contributed by atoms with E-state index < -0.39 is 0 Å². The van der Waals surface area contributed by atoms with Gasteiger partial charge in [0.15, 0.2) is 5.82 Å². The minimum absolute atomic E-state index is 0.0728. The van der Waals surface area contributed by atoms with Crippen molar-refractivity contribution >= 4 is 5.91 Å². The number of aromatic amines is 1. The molecular formula is C17H22N4O3. The molecule has 0 spiro atoms. The maximum absolute atomic E-state index is 12.3. The zero-order valence-corrected chi connectivity index (χ0v) is 13.8. The van der Waals surface area contributed by atoms with Crippen molar-refractivity contribution < 1.29 is 14.3 Å². The second-order valence-electron chi connectivity index (χ2n) is 5.77. The first-order chi connectivity index (χ1) is 11.7. The molecule has 1 aromatic heterocycles. The summed E-state index contributed by atoms with van der Waals surface area (Å²) in [6, 6.07) is 9.93. The molecule has 3 rings (SSSR count). The molecule has 0 bridgehead atoms. The summed E-state index contributed by atoms with van der Waals surface area (Å²) in [4.78, 5) is 18.4. The molecule has 2 aromatic rings. The molecule has 1 amide bonds. The van der Waals surface area contributed by atoms with Crippen molar-refractivity contribution in [3.8, 4) is 0 Å². The average molecular weight is 330 g/mol. The zero-order valence-electron chi connectivity index (χ0n) is 13.8. The molecule has 0 radical (unpaired) electrons. The number of ether oxygens (including phenoxy) is 2. The fourth-order valence-electron chi connectivity index (χ4n) is 2.62. The molecule has 1 aliphatic rings. The molecule has 2 heterocycles. The topological polar surface area (TPSA) is 80.3 Å². The lowest BCUT2D eigenvalue weighted by Crippen LogP contribution is -2.42. The highest BCUT2D eigenvalue weighted by atomic mass is 16.5. The Morgan fingerprint density at radius 1 is 1.42 bits per heavy atom. The number of carbonyl (C=O) groups is 1. The minimum atomic E-state index is -0.266. The maximum atomic E-state index is 12.3. The normalized spacial score (nSPS) is 17.9. The van der Waals surface area contributed by atoms with Crippen molar-refractivity contribution in [1.29, 1.82) is 0 Å². The van der Waals surface area contributed by atoms with E-state index in [-0.39, 0.29) is 12.0 Å². The standard InChI is InChI=1S/C17H22N4O3/c1-13-18-17(20-19-13)15-11-21(8-10-24-15)16(22)7-9-23-12-14-5-3-2-4-6-14/h2-6,15H,7-12H2,1H3,(H,18,19,20)/t15-/m1/s1. The van der Waals surface area contributed by atoms with Gasteiger partial charge in [0.2, 0.25) is 5.91 Å². The predicted molar refractivity (Wildman–Crippen MR) is 87.1 cm³/mol. The van der Waals surface area contributed by atoms with Crippen LogP contribution < -0.4 is 0 Å². The molecule has 1 aromatic carbocycles. The number of amides is 1. The Labute approximate surface area is 141 Å². The molecular weight excluding hydrogens is 308 g/mol. The van der Waals surface area contributed by atoms with Crippen LogP contribution in [0.15, 0.2) is 30.3 Å². The van der Waals surface area contributed by atoms with Crippen molar-refractivity contribution in [2.75, 3.05) is 26.3 Å². The van der Waals surface area contributed by atoms with Gasteiger partial charge in [0.05, 0.1) is 32.8 Å². The molecule has 7 heteroatoms. The highest BCUT2D eigenvalue weighted by Gasteiger charge is 2.27. The van der Waals surface area contributed by atoms with E-state index >= 15 is 0 Å². The number of nitrogens with one attached hydrogen (secondary N) is 1.